The van der Waals surface area contributed by atoms with E-state index in [2.05, 4.69) is 139 Å². The van der Waals surface area contributed by atoms with Gasteiger partial charge >= 0.3 is 0 Å². The molecule has 0 radical (unpaired) electrons. The number of benzene rings is 4. The minimum absolute atomic E-state index is 0.628. The normalized spacial score (nSPS) is 14.5. The average Bonchev–Trinajstić information content (AvgIpc) is 3.53. The summed E-state index contributed by atoms with van der Waals surface area (Å²) in [5.41, 5.74) is 15.2. The molecule has 1 heteroatoms. The zero-order valence-corrected chi connectivity index (χ0v) is 25.3. The van der Waals surface area contributed by atoms with Crippen LogP contribution in [0.15, 0.2) is 95.3 Å². The highest BCUT2D eigenvalue weighted by Gasteiger charge is 2.48. The fraction of sp³-hybridized carbons (Fsp3) is 0.263. The molecule has 6 rings (SSSR count). The van der Waals surface area contributed by atoms with Crippen LogP contribution in [0.3, 0.4) is 0 Å². The lowest BCUT2D eigenvalue weighted by atomic mass is 9.96. The highest BCUT2D eigenvalue weighted by atomic mass is 28.3. The monoisotopic (exact) mass is 524 g/mol. The Hall–Kier alpha value is -3.42. The summed E-state index contributed by atoms with van der Waals surface area (Å²) < 4.78 is 0. The molecule has 0 nitrogen and oxygen atoms in total. The van der Waals surface area contributed by atoms with Gasteiger partial charge in [0.25, 0.3) is 0 Å². The van der Waals surface area contributed by atoms with Crippen molar-refractivity contribution in [3.63, 3.8) is 0 Å². The lowest BCUT2D eigenvalue weighted by Gasteiger charge is -2.42. The van der Waals surface area contributed by atoms with Gasteiger partial charge in [-0.15, -0.1) is 0 Å². The molecule has 0 atom stereocenters. The Balaban J connectivity index is 1.49. The third kappa shape index (κ3) is 4.28. The number of hydrogen-bond acceptors (Lipinski definition) is 0. The molecule has 4 aromatic rings. The van der Waals surface area contributed by atoms with Gasteiger partial charge in [0.2, 0.25) is 0 Å². The minimum atomic E-state index is -2.03. The van der Waals surface area contributed by atoms with Crippen molar-refractivity contribution in [3.05, 3.63) is 129 Å². The summed E-state index contributed by atoms with van der Waals surface area (Å²) in [6.45, 7) is 14.4. The molecular weight excluding hydrogens is 485 g/mol. The molecule has 196 valence electrons. The van der Waals surface area contributed by atoms with Crippen molar-refractivity contribution < 1.29 is 0 Å². The Bertz CT molecular complexity index is 1510. The third-order valence-corrected chi connectivity index (χ3v) is 15.7. The maximum absolute atomic E-state index is 2.63. The SMILES string of the molecule is Cc1cccc(-c2cccc3c2C=C([Si](C2=Cc4c(cccc4-c4cccc(C)c4)C2)(C(C)C)C(C)C)C3)c1. The van der Waals surface area contributed by atoms with Gasteiger partial charge < -0.3 is 0 Å². The van der Waals surface area contributed by atoms with E-state index in [-0.39, 0.29) is 0 Å². The maximum Gasteiger partial charge on any atom is 0.114 e. The molecule has 0 heterocycles. The summed E-state index contributed by atoms with van der Waals surface area (Å²) in [5.74, 6) is 0. The Morgan fingerprint density at radius 1 is 0.538 bits per heavy atom. The molecule has 0 saturated carbocycles. The van der Waals surface area contributed by atoms with Crippen molar-refractivity contribution >= 4 is 20.2 Å². The van der Waals surface area contributed by atoms with Gasteiger partial charge in [-0.25, -0.2) is 0 Å². The molecular formula is C38H40Si. The van der Waals surface area contributed by atoms with Crippen LogP contribution in [-0.2, 0) is 12.8 Å². The molecule has 2 aliphatic carbocycles. The van der Waals surface area contributed by atoms with Crippen LogP contribution in [0.2, 0.25) is 11.1 Å². The molecule has 0 aliphatic heterocycles. The molecule has 0 bridgehead atoms. The van der Waals surface area contributed by atoms with Gasteiger partial charge in [-0.2, -0.15) is 0 Å². The predicted molar refractivity (Wildman–Crippen MR) is 173 cm³/mol. The summed E-state index contributed by atoms with van der Waals surface area (Å²) >= 11 is 0. The molecule has 0 spiro atoms. The topological polar surface area (TPSA) is 0 Å². The molecule has 4 aromatic carbocycles. The molecule has 0 fully saturated rings. The summed E-state index contributed by atoms with van der Waals surface area (Å²) in [5, 5.41) is 3.44. The second kappa shape index (κ2) is 9.95. The predicted octanol–water partition coefficient (Wildman–Crippen LogP) is 10.6. The number of fused-ring (bicyclic) bond motifs is 2. The maximum atomic E-state index is 2.63. The van der Waals surface area contributed by atoms with Crippen molar-refractivity contribution in [1.29, 1.82) is 0 Å². The number of hydrogen-bond donors (Lipinski definition) is 0. The number of rotatable bonds is 6. The standard InChI is InChI=1S/C38H40Si/c1-25(2)39(26(3)4,33-21-31-15-9-17-35(37(31)23-33)29-13-7-11-27(5)19-29)34-22-32-16-10-18-36(38(32)24-34)30-14-8-12-28(6)20-30/h7-20,23-26H,21-22H2,1-6H3. The Morgan fingerprint density at radius 3 is 1.33 bits per heavy atom. The Morgan fingerprint density at radius 2 is 0.949 bits per heavy atom. The van der Waals surface area contributed by atoms with Crippen LogP contribution in [0.1, 0.15) is 61.1 Å². The van der Waals surface area contributed by atoms with Crippen molar-refractivity contribution in [2.45, 2.75) is 65.5 Å². The van der Waals surface area contributed by atoms with E-state index in [1.807, 2.05) is 0 Å². The summed E-state index contributed by atoms with van der Waals surface area (Å²) in [6.07, 6.45) is 7.45. The van der Waals surface area contributed by atoms with Crippen molar-refractivity contribution in [3.8, 4) is 22.3 Å². The molecule has 0 amide bonds. The minimum Gasteiger partial charge on any atom is -0.0704 e. The van der Waals surface area contributed by atoms with Crippen molar-refractivity contribution in [2.75, 3.05) is 0 Å². The lowest BCUT2D eigenvalue weighted by molar-refractivity contribution is 0.896. The summed E-state index contributed by atoms with van der Waals surface area (Å²) in [4.78, 5) is 0. The van der Waals surface area contributed by atoms with E-state index in [1.165, 1.54) is 55.6 Å². The lowest BCUT2D eigenvalue weighted by Crippen LogP contribution is -2.46. The largest absolute Gasteiger partial charge is 0.114 e. The molecule has 39 heavy (non-hydrogen) atoms. The first-order chi connectivity index (χ1) is 18.8. The van der Waals surface area contributed by atoms with Gasteiger partial charge in [0.05, 0.1) is 0 Å². The molecule has 0 N–H and O–H groups in total. The van der Waals surface area contributed by atoms with E-state index >= 15 is 0 Å². The van der Waals surface area contributed by atoms with Crippen LogP contribution in [0, 0.1) is 13.8 Å². The molecule has 2 aliphatic rings. The first kappa shape index (κ1) is 25.8. The van der Waals surface area contributed by atoms with Crippen LogP contribution < -0.4 is 0 Å². The van der Waals surface area contributed by atoms with Gasteiger partial charge in [-0.3, -0.25) is 0 Å². The second-order valence-corrected chi connectivity index (χ2v) is 17.7. The quantitative estimate of drug-likeness (QED) is 0.220. The summed E-state index contributed by atoms with van der Waals surface area (Å²) in [7, 11) is -2.03. The van der Waals surface area contributed by atoms with Crippen LogP contribution in [0.25, 0.3) is 34.4 Å². The fourth-order valence-corrected chi connectivity index (χ4v) is 14.2. The zero-order chi connectivity index (χ0) is 27.3. The van der Waals surface area contributed by atoms with Gasteiger partial charge in [0, 0.05) is 0 Å². The van der Waals surface area contributed by atoms with Gasteiger partial charge in [0.1, 0.15) is 8.07 Å². The van der Waals surface area contributed by atoms with Crippen LogP contribution in [-0.4, -0.2) is 8.07 Å². The molecule has 0 saturated heterocycles. The smallest absolute Gasteiger partial charge is 0.0704 e. The van der Waals surface area contributed by atoms with E-state index in [0.29, 0.717) is 11.1 Å². The first-order valence-corrected chi connectivity index (χ1v) is 16.7. The van der Waals surface area contributed by atoms with Crippen LogP contribution >= 0.6 is 0 Å². The zero-order valence-electron chi connectivity index (χ0n) is 24.3. The highest BCUT2D eigenvalue weighted by molar-refractivity contribution is 6.96. The Labute approximate surface area is 236 Å². The van der Waals surface area contributed by atoms with Gasteiger partial charge in [-0.05, 0) is 82.3 Å². The average molecular weight is 525 g/mol. The van der Waals surface area contributed by atoms with Crippen LogP contribution in [0.4, 0.5) is 0 Å². The second-order valence-electron chi connectivity index (χ2n) is 12.4. The number of allylic oxidation sites excluding steroid dienone is 2. The fourth-order valence-electron chi connectivity index (χ4n) is 7.75. The van der Waals surface area contributed by atoms with Crippen molar-refractivity contribution in [2.24, 2.45) is 0 Å². The molecule has 0 aromatic heterocycles. The third-order valence-electron chi connectivity index (χ3n) is 9.33. The Kier molecular flexibility index (Phi) is 6.59. The van der Waals surface area contributed by atoms with E-state index in [1.54, 1.807) is 10.4 Å². The van der Waals surface area contributed by atoms with Crippen molar-refractivity contribution in [1.82, 2.24) is 0 Å². The summed E-state index contributed by atoms with van der Waals surface area (Å²) in [6, 6.07) is 31.9. The van der Waals surface area contributed by atoms with E-state index in [9.17, 15) is 0 Å². The first-order valence-electron chi connectivity index (χ1n) is 14.6. The highest BCUT2D eigenvalue weighted by Crippen LogP contribution is 2.52. The van der Waals surface area contributed by atoms with E-state index in [4.69, 9.17) is 0 Å². The van der Waals surface area contributed by atoms with Crippen LogP contribution in [0.5, 0.6) is 0 Å². The van der Waals surface area contributed by atoms with Gasteiger partial charge in [0.15, 0.2) is 0 Å². The molecule has 0 unspecified atom stereocenters. The van der Waals surface area contributed by atoms with Gasteiger partial charge in [-0.1, -0.05) is 146 Å². The van der Waals surface area contributed by atoms with E-state index in [0.717, 1.165) is 12.8 Å². The van der Waals surface area contributed by atoms with E-state index < -0.39 is 8.07 Å². The number of aryl methyl sites for hydroxylation is 2.